The molecule has 5 nitrogen and oxygen atoms in total. The summed E-state index contributed by atoms with van der Waals surface area (Å²) in [6, 6.07) is 21.8. The zero-order chi connectivity index (χ0) is 26.1. The van der Waals surface area contributed by atoms with Gasteiger partial charge in [-0.2, -0.15) is 0 Å². The number of carbonyl (C=O) groups is 2. The van der Waals surface area contributed by atoms with Crippen LogP contribution in [0.3, 0.4) is 0 Å². The molecule has 6 heteroatoms. The van der Waals surface area contributed by atoms with Gasteiger partial charge in [-0.15, -0.1) is 0 Å². The average molecular weight is 508 g/mol. The van der Waals surface area contributed by atoms with Crippen LogP contribution in [0, 0.1) is 5.92 Å². The summed E-state index contributed by atoms with van der Waals surface area (Å²) < 4.78 is 6.00. The molecule has 3 aromatic carbocycles. The van der Waals surface area contributed by atoms with E-state index in [9.17, 15) is 9.59 Å². The van der Waals surface area contributed by atoms with Crippen molar-refractivity contribution in [3.05, 3.63) is 88.4 Å². The first-order chi connectivity index (χ1) is 17.2. The highest BCUT2D eigenvalue weighted by atomic mass is 35.5. The Bertz CT molecular complexity index is 1160. The van der Waals surface area contributed by atoms with E-state index in [2.05, 4.69) is 50.4 Å². The molecule has 1 atom stereocenters. The highest BCUT2D eigenvalue weighted by Crippen LogP contribution is 2.32. The maximum absolute atomic E-state index is 12.1. The lowest BCUT2D eigenvalue weighted by Gasteiger charge is -2.15. The molecule has 0 fully saturated rings. The molecular formula is C30H34ClNO4. The Morgan fingerprint density at radius 3 is 2.28 bits per heavy atom. The predicted molar refractivity (Wildman–Crippen MR) is 145 cm³/mol. The molecule has 36 heavy (non-hydrogen) atoms. The van der Waals surface area contributed by atoms with Gasteiger partial charge >= 0.3 is 5.97 Å². The van der Waals surface area contributed by atoms with Crippen LogP contribution in [0.5, 0.6) is 5.75 Å². The van der Waals surface area contributed by atoms with Crippen LogP contribution in [0.2, 0.25) is 5.02 Å². The lowest BCUT2D eigenvalue weighted by molar-refractivity contribution is -0.136. The van der Waals surface area contributed by atoms with Crippen LogP contribution in [0.4, 0.5) is 0 Å². The fourth-order valence-corrected chi connectivity index (χ4v) is 4.09. The average Bonchev–Trinajstić information content (AvgIpc) is 2.86. The van der Waals surface area contributed by atoms with Gasteiger partial charge in [0.25, 0.3) is 5.91 Å². The van der Waals surface area contributed by atoms with Crippen LogP contribution in [0.1, 0.15) is 61.0 Å². The number of halogens is 1. The first-order valence-corrected chi connectivity index (χ1v) is 12.7. The summed E-state index contributed by atoms with van der Waals surface area (Å²) >= 11 is 6.57. The van der Waals surface area contributed by atoms with Gasteiger partial charge in [0.05, 0.1) is 18.1 Å². The molecular weight excluding hydrogens is 474 g/mol. The predicted octanol–water partition coefficient (Wildman–Crippen LogP) is 6.98. The molecule has 2 N–H and O–H groups in total. The Morgan fingerprint density at radius 1 is 0.972 bits per heavy atom. The summed E-state index contributed by atoms with van der Waals surface area (Å²) in [5, 5.41) is 11.9. The number of carboxylic acid groups (broad SMARTS) is 1. The molecule has 0 aliphatic carbocycles. The van der Waals surface area contributed by atoms with Crippen molar-refractivity contribution >= 4 is 23.5 Å². The third-order valence-electron chi connectivity index (χ3n) is 6.13. The summed E-state index contributed by atoms with van der Waals surface area (Å²) in [4.78, 5) is 22.6. The number of nitrogens with one attached hydrogen (secondary N) is 1. The van der Waals surface area contributed by atoms with Gasteiger partial charge in [0.15, 0.2) is 0 Å². The topological polar surface area (TPSA) is 75.6 Å². The molecule has 0 saturated heterocycles. The highest BCUT2D eigenvalue weighted by Gasteiger charge is 2.10. The van der Waals surface area contributed by atoms with Crippen LogP contribution >= 0.6 is 11.6 Å². The number of hydrogen-bond acceptors (Lipinski definition) is 3. The van der Waals surface area contributed by atoms with E-state index in [0.29, 0.717) is 29.0 Å². The second-order valence-corrected chi connectivity index (χ2v) is 9.88. The molecule has 0 aliphatic rings. The largest absolute Gasteiger partial charge is 0.493 e. The van der Waals surface area contributed by atoms with Crippen LogP contribution in [-0.2, 0) is 11.2 Å². The van der Waals surface area contributed by atoms with Gasteiger partial charge in [-0.3, -0.25) is 9.59 Å². The number of aryl methyl sites for hydroxylation is 1. The van der Waals surface area contributed by atoms with E-state index >= 15 is 0 Å². The zero-order valence-electron chi connectivity index (χ0n) is 21.1. The Hall–Kier alpha value is -3.31. The molecule has 3 rings (SSSR count). The zero-order valence-corrected chi connectivity index (χ0v) is 21.8. The minimum atomic E-state index is -0.934. The minimum absolute atomic E-state index is 0.0909. The molecule has 0 aliphatic heterocycles. The molecule has 0 heterocycles. The summed E-state index contributed by atoms with van der Waals surface area (Å²) in [7, 11) is 0. The number of aliphatic carboxylic acids is 1. The van der Waals surface area contributed by atoms with E-state index in [-0.39, 0.29) is 18.9 Å². The Labute approximate surface area is 218 Å². The number of rotatable bonds is 12. The first kappa shape index (κ1) is 27.3. The standard InChI is InChI=1S/C30H34ClNO4/c1-20(2)23-10-12-24(13-11-23)27-15-14-26(18-28(27)31)36-19-21(3)4-5-22-6-8-25(9-7-22)30(35)32-17-16-29(33)34/h6-15,18,20-21H,4-5,16-17,19H2,1-3H3,(H,32,35)(H,33,34). The smallest absolute Gasteiger partial charge is 0.305 e. The third kappa shape index (κ3) is 8.13. The lowest BCUT2D eigenvalue weighted by Crippen LogP contribution is -2.25. The van der Waals surface area contributed by atoms with Gasteiger partial charge in [0, 0.05) is 17.7 Å². The van der Waals surface area contributed by atoms with Gasteiger partial charge in [-0.1, -0.05) is 68.8 Å². The van der Waals surface area contributed by atoms with E-state index in [1.807, 2.05) is 30.3 Å². The van der Waals surface area contributed by atoms with E-state index in [1.54, 1.807) is 12.1 Å². The van der Waals surface area contributed by atoms with Crippen molar-refractivity contribution in [2.24, 2.45) is 5.92 Å². The van der Waals surface area contributed by atoms with Crippen LogP contribution in [-0.4, -0.2) is 30.1 Å². The normalized spacial score (nSPS) is 11.8. The second-order valence-electron chi connectivity index (χ2n) is 9.47. The van der Waals surface area contributed by atoms with Gasteiger partial charge in [0.1, 0.15) is 5.75 Å². The fraction of sp³-hybridized carbons (Fsp3) is 0.333. The highest BCUT2D eigenvalue weighted by molar-refractivity contribution is 6.33. The molecule has 0 spiro atoms. The van der Waals surface area contributed by atoms with Crippen molar-refractivity contribution in [2.75, 3.05) is 13.2 Å². The second kappa shape index (κ2) is 13.1. The van der Waals surface area contributed by atoms with Crippen molar-refractivity contribution in [3.63, 3.8) is 0 Å². The number of carboxylic acids is 1. The molecule has 1 unspecified atom stereocenters. The van der Waals surface area contributed by atoms with Crippen molar-refractivity contribution in [1.29, 1.82) is 0 Å². The van der Waals surface area contributed by atoms with Crippen LogP contribution in [0.15, 0.2) is 66.7 Å². The summed E-state index contributed by atoms with van der Waals surface area (Å²) in [5.41, 5.74) is 5.05. The molecule has 190 valence electrons. The molecule has 3 aromatic rings. The molecule has 0 bridgehead atoms. The SMILES string of the molecule is CC(CCc1ccc(C(=O)NCCC(=O)O)cc1)COc1ccc(-c2ccc(C(C)C)cc2)c(Cl)c1. The fourth-order valence-electron chi connectivity index (χ4n) is 3.81. The monoisotopic (exact) mass is 507 g/mol. The third-order valence-corrected chi connectivity index (χ3v) is 6.44. The maximum atomic E-state index is 12.1. The maximum Gasteiger partial charge on any atom is 0.305 e. The quantitative estimate of drug-likeness (QED) is 0.277. The number of ether oxygens (including phenoxy) is 1. The number of carbonyl (C=O) groups excluding carboxylic acids is 1. The molecule has 0 aromatic heterocycles. The molecule has 0 radical (unpaired) electrons. The van der Waals surface area contributed by atoms with Gasteiger partial charge < -0.3 is 15.2 Å². The molecule has 0 saturated carbocycles. The van der Waals surface area contributed by atoms with Crippen molar-refractivity contribution in [1.82, 2.24) is 5.32 Å². The van der Waals surface area contributed by atoms with Crippen molar-refractivity contribution in [2.45, 2.75) is 46.0 Å². The summed E-state index contributed by atoms with van der Waals surface area (Å²) in [5.74, 6) is 0.395. The minimum Gasteiger partial charge on any atom is -0.493 e. The first-order valence-electron chi connectivity index (χ1n) is 12.3. The summed E-state index contributed by atoms with van der Waals surface area (Å²) in [6.45, 7) is 7.21. The van der Waals surface area contributed by atoms with Gasteiger partial charge in [-0.05, 0) is 71.7 Å². The van der Waals surface area contributed by atoms with E-state index in [0.717, 1.165) is 35.3 Å². The molecule has 1 amide bonds. The van der Waals surface area contributed by atoms with Crippen molar-refractivity contribution in [3.8, 4) is 16.9 Å². The number of hydrogen-bond donors (Lipinski definition) is 2. The Balaban J connectivity index is 1.46. The van der Waals surface area contributed by atoms with E-state index < -0.39 is 5.97 Å². The van der Waals surface area contributed by atoms with Crippen LogP contribution < -0.4 is 10.1 Å². The van der Waals surface area contributed by atoms with Crippen molar-refractivity contribution < 1.29 is 19.4 Å². The van der Waals surface area contributed by atoms with Gasteiger partial charge in [-0.25, -0.2) is 0 Å². The number of benzene rings is 3. The van der Waals surface area contributed by atoms with Gasteiger partial charge in [0.2, 0.25) is 0 Å². The lowest BCUT2D eigenvalue weighted by atomic mass is 9.99. The Morgan fingerprint density at radius 2 is 1.67 bits per heavy atom. The van der Waals surface area contributed by atoms with Crippen LogP contribution in [0.25, 0.3) is 11.1 Å². The van der Waals surface area contributed by atoms with E-state index in [4.69, 9.17) is 21.4 Å². The summed E-state index contributed by atoms with van der Waals surface area (Å²) in [6.07, 6.45) is 1.72. The van der Waals surface area contributed by atoms with E-state index in [1.165, 1.54) is 5.56 Å². The Kier molecular flexibility index (Phi) is 9.95. The number of amides is 1.